The minimum absolute atomic E-state index is 0.102. The zero-order chi connectivity index (χ0) is 18.0. The average molecular weight is 367 g/mol. The Balaban J connectivity index is 1.69. The lowest BCUT2D eigenvalue weighted by molar-refractivity contribution is -0.137. The standard InChI is InChI=1S/C16H12F3N3O2S/c17-16(18,19)10-2-1-3-11(7-10)21-22-15(24)9-4-5-13-12(6-9)20-14(23)8-25-13/h1-7,21H,8H2,(H,20,23)(H,22,24). The summed E-state index contributed by atoms with van der Waals surface area (Å²) in [5.74, 6) is -0.377. The van der Waals surface area contributed by atoms with Crippen molar-refractivity contribution in [2.24, 2.45) is 0 Å². The number of carbonyl (C=O) groups is 2. The SMILES string of the molecule is O=C1CSc2ccc(C(=O)NNc3cccc(C(F)(F)F)c3)cc2N1. The molecule has 1 aliphatic rings. The molecule has 0 saturated heterocycles. The molecule has 9 heteroatoms. The van der Waals surface area contributed by atoms with E-state index in [2.05, 4.69) is 16.2 Å². The Hall–Kier alpha value is -2.68. The van der Waals surface area contributed by atoms with E-state index in [1.807, 2.05) is 0 Å². The summed E-state index contributed by atoms with van der Waals surface area (Å²) in [6.07, 6.45) is -4.46. The number of hydrazine groups is 1. The van der Waals surface area contributed by atoms with Gasteiger partial charge >= 0.3 is 6.18 Å². The normalized spacial score (nSPS) is 13.6. The van der Waals surface area contributed by atoms with Crippen molar-refractivity contribution in [3.8, 4) is 0 Å². The van der Waals surface area contributed by atoms with Gasteiger partial charge in [0.2, 0.25) is 5.91 Å². The second-order valence-corrected chi connectivity index (χ2v) is 6.22. The molecule has 0 atom stereocenters. The van der Waals surface area contributed by atoms with Crippen LogP contribution in [0.25, 0.3) is 0 Å². The van der Waals surface area contributed by atoms with Gasteiger partial charge in [0.05, 0.1) is 22.7 Å². The fourth-order valence-corrected chi connectivity index (χ4v) is 2.99. The molecular weight excluding hydrogens is 355 g/mol. The topological polar surface area (TPSA) is 70.2 Å². The number of anilines is 2. The van der Waals surface area contributed by atoms with Gasteiger partial charge in [0, 0.05) is 10.5 Å². The Bertz CT molecular complexity index is 840. The van der Waals surface area contributed by atoms with Gasteiger partial charge in [-0.1, -0.05) is 6.07 Å². The number of hydrogen-bond acceptors (Lipinski definition) is 4. The van der Waals surface area contributed by atoms with E-state index >= 15 is 0 Å². The molecule has 2 amide bonds. The van der Waals surface area contributed by atoms with Gasteiger partial charge in [-0.25, -0.2) is 0 Å². The van der Waals surface area contributed by atoms with Crippen LogP contribution in [0.3, 0.4) is 0 Å². The first-order valence-electron chi connectivity index (χ1n) is 7.13. The maximum atomic E-state index is 12.7. The molecule has 1 aliphatic heterocycles. The van der Waals surface area contributed by atoms with E-state index in [1.165, 1.54) is 30.0 Å². The van der Waals surface area contributed by atoms with Gasteiger partial charge in [0.15, 0.2) is 0 Å². The Labute approximate surface area is 145 Å². The van der Waals surface area contributed by atoms with Crippen LogP contribution < -0.4 is 16.2 Å². The van der Waals surface area contributed by atoms with Crippen molar-refractivity contribution < 1.29 is 22.8 Å². The molecule has 0 spiro atoms. The molecule has 0 fully saturated rings. The molecule has 0 aliphatic carbocycles. The molecule has 130 valence electrons. The van der Waals surface area contributed by atoms with E-state index in [0.717, 1.165) is 17.0 Å². The molecule has 1 heterocycles. The maximum Gasteiger partial charge on any atom is 0.416 e. The van der Waals surface area contributed by atoms with E-state index in [0.29, 0.717) is 11.4 Å². The molecule has 0 aromatic heterocycles. The second-order valence-electron chi connectivity index (χ2n) is 5.21. The third kappa shape index (κ3) is 4.05. The van der Waals surface area contributed by atoms with Gasteiger partial charge in [0.25, 0.3) is 5.91 Å². The van der Waals surface area contributed by atoms with E-state index in [4.69, 9.17) is 0 Å². The van der Waals surface area contributed by atoms with Crippen molar-refractivity contribution in [2.75, 3.05) is 16.5 Å². The number of thioether (sulfide) groups is 1. The summed E-state index contributed by atoms with van der Waals surface area (Å²) in [5.41, 5.74) is 4.87. The molecule has 0 saturated carbocycles. The first-order chi connectivity index (χ1) is 11.8. The van der Waals surface area contributed by atoms with Crippen LogP contribution in [0.5, 0.6) is 0 Å². The van der Waals surface area contributed by atoms with E-state index in [9.17, 15) is 22.8 Å². The van der Waals surface area contributed by atoms with Gasteiger partial charge in [0.1, 0.15) is 0 Å². The molecule has 0 radical (unpaired) electrons. The van der Waals surface area contributed by atoms with Gasteiger partial charge in [-0.2, -0.15) is 13.2 Å². The van der Waals surface area contributed by atoms with Crippen LogP contribution in [-0.2, 0) is 11.0 Å². The summed E-state index contributed by atoms with van der Waals surface area (Å²) in [6, 6.07) is 9.27. The highest BCUT2D eigenvalue weighted by Gasteiger charge is 2.30. The monoisotopic (exact) mass is 367 g/mol. The molecule has 2 aromatic rings. The number of nitrogens with one attached hydrogen (secondary N) is 3. The highest BCUT2D eigenvalue weighted by Crippen LogP contribution is 2.32. The number of hydrogen-bond donors (Lipinski definition) is 3. The molecule has 0 unspecified atom stereocenters. The van der Waals surface area contributed by atoms with Gasteiger partial charge in [-0.15, -0.1) is 11.8 Å². The fourth-order valence-electron chi connectivity index (χ4n) is 2.20. The largest absolute Gasteiger partial charge is 0.416 e. The number of halogens is 3. The molecule has 3 rings (SSSR count). The predicted molar refractivity (Wildman–Crippen MR) is 88.3 cm³/mol. The summed E-state index contributed by atoms with van der Waals surface area (Å²) in [4.78, 5) is 24.4. The van der Waals surface area contributed by atoms with Crippen molar-refractivity contribution >= 4 is 35.0 Å². The van der Waals surface area contributed by atoms with Crippen LogP contribution in [0.4, 0.5) is 24.5 Å². The molecule has 25 heavy (non-hydrogen) atoms. The minimum Gasteiger partial charge on any atom is -0.324 e. The van der Waals surface area contributed by atoms with Crippen molar-refractivity contribution in [1.82, 2.24) is 5.43 Å². The summed E-state index contributed by atoms with van der Waals surface area (Å²) in [7, 11) is 0. The van der Waals surface area contributed by atoms with Crippen molar-refractivity contribution in [3.63, 3.8) is 0 Å². The first-order valence-corrected chi connectivity index (χ1v) is 8.12. The number of carbonyl (C=O) groups excluding carboxylic acids is 2. The van der Waals surface area contributed by atoms with Crippen LogP contribution in [0, 0.1) is 0 Å². The summed E-state index contributed by atoms with van der Waals surface area (Å²) in [5, 5.41) is 2.67. The van der Waals surface area contributed by atoms with Crippen LogP contribution in [0.2, 0.25) is 0 Å². The van der Waals surface area contributed by atoms with Crippen molar-refractivity contribution in [3.05, 3.63) is 53.6 Å². The summed E-state index contributed by atoms with van der Waals surface area (Å²) < 4.78 is 38.0. The molecule has 0 bridgehead atoms. The van der Waals surface area contributed by atoms with Crippen molar-refractivity contribution in [1.29, 1.82) is 0 Å². The smallest absolute Gasteiger partial charge is 0.324 e. The molecule has 5 nitrogen and oxygen atoms in total. The lowest BCUT2D eigenvalue weighted by Gasteiger charge is -2.17. The lowest BCUT2D eigenvalue weighted by Crippen LogP contribution is -2.29. The van der Waals surface area contributed by atoms with Crippen LogP contribution >= 0.6 is 11.8 Å². The third-order valence-electron chi connectivity index (χ3n) is 3.38. The van der Waals surface area contributed by atoms with E-state index < -0.39 is 17.6 Å². The maximum absolute atomic E-state index is 12.7. The number of fused-ring (bicyclic) bond motifs is 1. The first kappa shape index (κ1) is 17.2. The Morgan fingerprint density at radius 2 is 1.96 bits per heavy atom. The fraction of sp³-hybridized carbons (Fsp3) is 0.125. The van der Waals surface area contributed by atoms with E-state index in [1.54, 1.807) is 12.1 Å². The van der Waals surface area contributed by atoms with E-state index in [-0.39, 0.29) is 17.2 Å². The minimum atomic E-state index is -4.46. The number of amides is 2. The second kappa shape index (κ2) is 6.67. The zero-order valence-corrected chi connectivity index (χ0v) is 13.4. The summed E-state index contributed by atoms with van der Waals surface area (Å²) >= 11 is 1.37. The Morgan fingerprint density at radius 3 is 2.72 bits per heavy atom. The third-order valence-corrected chi connectivity index (χ3v) is 4.46. The predicted octanol–water partition coefficient (Wildman–Crippen LogP) is 3.51. The van der Waals surface area contributed by atoms with Crippen LogP contribution in [0.15, 0.2) is 47.4 Å². The quantitative estimate of drug-likeness (QED) is 0.726. The molecular formula is C16H12F3N3O2S. The molecule has 3 N–H and O–H groups in total. The number of benzene rings is 2. The van der Waals surface area contributed by atoms with Gasteiger partial charge < -0.3 is 5.32 Å². The highest BCUT2D eigenvalue weighted by molar-refractivity contribution is 8.00. The molecule has 2 aromatic carbocycles. The van der Waals surface area contributed by atoms with Gasteiger partial charge in [-0.3, -0.25) is 20.4 Å². The lowest BCUT2D eigenvalue weighted by atomic mass is 10.2. The van der Waals surface area contributed by atoms with Crippen LogP contribution in [0.1, 0.15) is 15.9 Å². The summed E-state index contributed by atoms with van der Waals surface area (Å²) in [6.45, 7) is 0. The zero-order valence-electron chi connectivity index (χ0n) is 12.6. The number of alkyl halides is 3. The van der Waals surface area contributed by atoms with Gasteiger partial charge in [-0.05, 0) is 36.4 Å². The van der Waals surface area contributed by atoms with Crippen LogP contribution in [-0.4, -0.2) is 17.6 Å². The Kier molecular flexibility index (Phi) is 4.58. The number of rotatable bonds is 3. The average Bonchev–Trinajstić information content (AvgIpc) is 2.58. The van der Waals surface area contributed by atoms with Crippen molar-refractivity contribution in [2.45, 2.75) is 11.1 Å². The Morgan fingerprint density at radius 1 is 1.16 bits per heavy atom. The highest BCUT2D eigenvalue weighted by atomic mass is 32.2.